The van der Waals surface area contributed by atoms with Gasteiger partial charge in [-0.1, -0.05) is 18.2 Å². The summed E-state index contributed by atoms with van der Waals surface area (Å²) in [5.41, 5.74) is 0.812. The van der Waals surface area contributed by atoms with Crippen LogP contribution in [0.25, 0.3) is 0 Å². The highest BCUT2D eigenvalue weighted by atomic mass is 19.1. The van der Waals surface area contributed by atoms with Crippen LogP contribution in [-0.4, -0.2) is 28.5 Å². The molecular weight excluding hydrogens is 300 g/mol. The van der Waals surface area contributed by atoms with Crippen molar-refractivity contribution >= 4 is 5.91 Å². The van der Waals surface area contributed by atoms with Gasteiger partial charge in [0.05, 0.1) is 12.6 Å². The number of amides is 1. The molecule has 0 saturated heterocycles. The van der Waals surface area contributed by atoms with Crippen LogP contribution >= 0.6 is 0 Å². The standard InChI is InChI=1S/C18H17F2NO2/c19-14-6-4-12(5-7-14)17(22)11-21(16-8-9-16)18(23)13-2-1-3-15(20)10-13/h1-7,10,16-17,22H,8-9,11H2. The molecule has 1 amide bonds. The summed E-state index contributed by atoms with van der Waals surface area (Å²) in [6.45, 7) is 0.103. The first-order valence-electron chi connectivity index (χ1n) is 7.54. The van der Waals surface area contributed by atoms with Crippen molar-refractivity contribution in [2.45, 2.75) is 25.0 Å². The van der Waals surface area contributed by atoms with Crippen LogP contribution in [0.5, 0.6) is 0 Å². The van der Waals surface area contributed by atoms with Crippen molar-refractivity contribution < 1.29 is 18.7 Å². The average molecular weight is 317 g/mol. The maximum atomic E-state index is 13.3. The van der Waals surface area contributed by atoms with Gasteiger partial charge in [0.2, 0.25) is 0 Å². The summed E-state index contributed by atoms with van der Waals surface area (Å²) in [6, 6.07) is 11.1. The number of hydrogen-bond donors (Lipinski definition) is 1. The maximum Gasteiger partial charge on any atom is 0.254 e. The van der Waals surface area contributed by atoms with Gasteiger partial charge in [0.1, 0.15) is 11.6 Å². The van der Waals surface area contributed by atoms with Crippen LogP contribution in [-0.2, 0) is 0 Å². The fourth-order valence-corrected chi connectivity index (χ4v) is 2.55. The van der Waals surface area contributed by atoms with E-state index in [2.05, 4.69) is 0 Å². The van der Waals surface area contributed by atoms with Crippen LogP contribution in [0.4, 0.5) is 8.78 Å². The van der Waals surface area contributed by atoms with Gasteiger partial charge in [0, 0.05) is 11.6 Å². The maximum absolute atomic E-state index is 13.3. The number of carbonyl (C=O) groups is 1. The van der Waals surface area contributed by atoms with Gasteiger partial charge in [0.15, 0.2) is 0 Å². The molecule has 1 saturated carbocycles. The first-order valence-corrected chi connectivity index (χ1v) is 7.54. The molecule has 0 heterocycles. The topological polar surface area (TPSA) is 40.5 Å². The number of rotatable bonds is 5. The lowest BCUT2D eigenvalue weighted by Crippen LogP contribution is -2.36. The number of carbonyl (C=O) groups excluding carboxylic acids is 1. The molecule has 1 aliphatic rings. The lowest BCUT2D eigenvalue weighted by atomic mass is 10.1. The SMILES string of the molecule is O=C(c1cccc(F)c1)N(CC(O)c1ccc(F)cc1)C1CC1. The zero-order valence-electron chi connectivity index (χ0n) is 12.5. The van der Waals surface area contributed by atoms with Crippen LogP contribution in [0.3, 0.4) is 0 Å². The third-order valence-corrected chi connectivity index (χ3v) is 3.94. The third kappa shape index (κ3) is 3.74. The molecule has 2 aromatic carbocycles. The summed E-state index contributed by atoms with van der Waals surface area (Å²) in [5, 5.41) is 10.3. The van der Waals surface area contributed by atoms with E-state index in [4.69, 9.17) is 0 Å². The zero-order chi connectivity index (χ0) is 16.4. The molecule has 3 nitrogen and oxygen atoms in total. The molecule has 0 aromatic heterocycles. The molecule has 1 aliphatic carbocycles. The highest BCUT2D eigenvalue weighted by molar-refractivity contribution is 5.94. The Kier molecular flexibility index (Phi) is 4.39. The number of aliphatic hydroxyl groups is 1. The van der Waals surface area contributed by atoms with Crippen molar-refractivity contribution in [3.05, 3.63) is 71.3 Å². The Morgan fingerprint density at radius 3 is 2.43 bits per heavy atom. The minimum atomic E-state index is -0.909. The Morgan fingerprint density at radius 1 is 1.13 bits per heavy atom. The second-order valence-corrected chi connectivity index (χ2v) is 5.77. The highest BCUT2D eigenvalue weighted by Gasteiger charge is 2.34. The second-order valence-electron chi connectivity index (χ2n) is 5.77. The van der Waals surface area contributed by atoms with Crippen LogP contribution in [0.1, 0.15) is 34.9 Å². The summed E-state index contributed by atoms with van der Waals surface area (Å²) < 4.78 is 26.3. The predicted molar refractivity (Wildman–Crippen MR) is 81.8 cm³/mol. The van der Waals surface area contributed by atoms with E-state index in [0.29, 0.717) is 5.56 Å². The second kappa shape index (κ2) is 6.46. The number of hydrogen-bond acceptors (Lipinski definition) is 2. The quantitative estimate of drug-likeness (QED) is 0.919. The van der Waals surface area contributed by atoms with Gasteiger partial charge < -0.3 is 10.0 Å². The molecule has 5 heteroatoms. The Hall–Kier alpha value is -2.27. The lowest BCUT2D eigenvalue weighted by Gasteiger charge is -2.25. The van der Waals surface area contributed by atoms with Gasteiger partial charge in [-0.25, -0.2) is 8.78 Å². The number of aliphatic hydroxyl groups excluding tert-OH is 1. The monoisotopic (exact) mass is 317 g/mol. The van der Waals surface area contributed by atoms with E-state index in [1.807, 2.05) is 0 Å². The molecule has 3 rings (SSSR count). The largest absolute Gasteiger partial charge is 0.387 e. The Balaban J connectivity index is 1.76. The molecule has 1 N–H and O–H groups in total. The van der Waals surface area contributed by atoms with E-state index in [9.17, 15) is 18.7 Å². The third-order valence-electron chi connectivity index (χ3n) is 3.94. The number of benzene rings is 2. The van der Waals surface area contributed by atoms with E-state index in [-0.39, 0.29) is 29.9 Å². The van der Waals surface area contributed by atoms with Crippen LogP contribution < -0.4 is 0 Å². The van der Waals surface area contributed by atoms with Crippen molar-refractivity contribution in [3.63, 3.8) is 0 Å². The Labute approximate surface area is 133 Å². The van der Waals surface area contributed by atoms with Crippen LogP contribution in [0.2, 0.25) is 0 Å². The normalized spacial score (nSPS) is 15.3. The van der Waals surface area contributed by atoms with E-state index in [1.165, 1.54) is 42.5 Å². The predicted octanol–water partition coefficient (Wildman–Crippen LogP) is 3.30. The molecule has 1 fully saturated rings. The zero-order valence-corrected chi connectivity index (χ0v) is 12.5. The molecular formula is C18H17F2NO2. The summed E-state index contributed by atoms with van der Waals surface area (Å²) in [6.07, 6.45) is 0.836. The molecule has 1 unspecified atom stereocenters. The average Bonchev–Trinajstić information content (AvgIpc) is 3.37. The van der Waals surface area contributed by atoms with Crippen molar-refractivity contribution in [2.75, 3.05) is 6.54 Å². The van der Waals surface area contributed by atoms with Crippen molar-refractivity contribution in [2.24, 2.45) is 0 Å². The van der Waals surface area contributed by atoms with Crippen LogP contribution in [0, 0.1) is 11.6 Å². The summed E-state index contributed by atoms with van der Waals surface area (Å²) in [5.74, 6) is -1.14. The Bertz CT molecular complexity index is 698. The molecule has 0 bridgehead atoms. The molecule has 1 atom stereocenters. The molecule has 0 aliphatic heterocycles. The van der Waals surface area contributed by atoms with E-state index in [0.717, 1.165) is 12.8 Å². The van der Waals surface area contributed by atoms with E-state index >= 15 is 0 Å². The molecule has 0 radical (unpaired) electrons. The molecule has 120 valence electrons. The van der Waals surface area contributed by atoms with Crippen molar-refractivity contribution in [1.29, 1.82) is 0 Å². The summed E-state index contributed by atoms with van der Waals surface area (Å²) >= 11 is 0. The van der Waals surface area contributed by atoms with Gasteiger partial charge >= 0.3 is 0 Å². The fourth-order valence-electron chi connectivity index (χ4n) is 2.55. The minimum absolute atomic E-state index is 0.0702. The van der Waals surface area contributed by atoms with E-state index < -0.39 is 11.9 Å². The van der Waals surface area contributed by atoms with Gasteiger partial charge in [-0.05, 0) is 48.7 Å². The Morgan fingerprint density at radius 2 is 1.83 bits per heavy atom. The first kappa shape index (κ1) is 15.6. The van der Waals surface area contributed by atoms with E-state index in [1.54, 1.807) is 11.0 Å². The smallest absolute Gasteiger partial charge is 0.254 e. The van der Waals surface area contributed by atoms with Gasteiger partial charge in [-0.3, -0.25) is 4.79 Å². The number of halogens is 2. The van der Waals surface area contributed by atoms with Gasteiger partial charge in [-0.2, -0.15) is 0 Å². The van der Waals surface area contributed by atoms with Crippen LogP contribution in [0.15, 0.2) is 48.5 Å². The van der Waals surface area contributed by atoms with Gasteiger partial charge in [-0.15, -0.1) is 0 Å². The molecule has 2 aromatic rings. The fraction of sp³-hybridized carbons (Fsp3) is 0.278. The minimum Gasteiger partial charge on any atom is -0.387 e. The highest BCUT2D eigenvalue weighted by Crippen LogP contribution is 2.30. The number of nitrogens with zero attached hydrogens (tertiary/aromatic N) is 1. The summed E-state index contributed by atoms with van der Waals surface area (Å²) in [4.78, 5) is 14.2. The van der Waals surface area contributed by atoms with Crippen molar-refractivity contribution in [1.82, 2.24) is 4.90 Å². The lowest BCUT2D eigenvalue weighted by molar-refractivity contribution is 0.0602. The van der Waals surface area contributed by atoms with Gasteiger partial charge in [0.25, 0.3) is 5.91 Å². The molecule has 0 spiro atoms. The van der Waals surface area contributed by atoms with Crippen molar-refractivity contribution in [3.8, 4) is 0 Å². The first-order chi connectivity index (χ1) is 11.0. The summed E-state index contributed by atoms with van der Waals surface area (Å²) in [7, 11) is 0. The molecule has 23 heavy (non-hydrogen) atoms.